The predicted octanol–water partition coefficient (Wildman–Crippen LogP) is 2.24. The zero-order valence-corrected chi connectivity index (χ0v) is 11.4. The molecule has 0 spiro atoms. The van der Waals surface area contributed by atoms with E-state index in [1.165, 1.54) is 6.07 Å². The highest BCUT2D eigenvalue weighted by molar-refractivity contribution is 5.22. The Labute approximate surface area is 117 Å². The Morgan fingerprint density at radius 3 is 2.65 bits per heavy atom. The molecule has 1 heterocycles. The molecule has 0 saturated carbocycles. The normalized spacial score (nSPS) is 21.3. The molecule has 1 aromatic carbocycles. The summed E-state index contributed by atoms with van der Waals surface area (Å²) in [6, 6.07) is 3.90. The van der Waals surface area contributed by atoms with Crippen molar-refractivity contribution in [1.29, 1.82) is 0 Å². The first-order valence-corrected chi connectivity index (χ1v) is 7.10. The van der Waals surface area contributed by atoms with E-state index in [0.717, 1.165) is 37.9 Å². The number of aliphatic hydroxyl groups is 2. The minimum absolute atomic E-state index is 0.148. The summed E-state index contributed by atoms with van der Waals surface area (Å²) in [5, 5.41) is 19.0. The maximum Gasteiger partial charge on any atom is 0.131 e. The van der Waals surface area contributed by atoms with Crippen LogP contribution in [0.15, 0.2) is 18.2 Å². The lowest BCUT2D eigenvalue weighted by Crippen LogP contribution is -2.34. The van der Waals surface area contributed by atoms with Crippen LogP contribution in [0.4, 0.5) is 8.78 Å². The second kappa shape index (κ2) is 7.11. The standard InChI is InChI=1S/C15H21F2NO2/c16-12-6-1-7-13(17)15(12)14(20)10-18-8-2-4-11(18)5-3-9-19/h1,6-7,11,14,19-20H,2-5,8-10H2. The molecule has 2 rings (SSSR count). The van der Waals surface area contributed by atoms with E-state index < -0.39 is 17.7 Å². The monoisotopic (exact) mass is 285 g/mol. The Morgan fingerprint density at radius 1 is 1.30 bits per heavy atom. The van der Waals surface area contributed by atoms with Crippen molar-refractivity contribution in [2.45, 2.75) is 37.8 Å². The van der Waals surface area contributed by atoms with Gasteiger partial charge < -0.3 is 10.2 Å². The smallest absolute Gasteiger partial charge is 0.131 e. The maximum absolute atomic E-state index is 13.6. The van der Waals surface area contributed by atoms with Crippen molar-refractivity contribution in [3.63, 3.8) is 0 Å². The number of nitrogens with zero attached hydrogens (tertiary/aromatic N) is 1. The van der Waals surface area contributed by atoms with Crippen LogP contribution in [-0.2, 0) is 0 Å². The van der Waals surface area contributed by atoms with Gasteiger partial charge in [-0.3, -0.25) is 4.90 Å². The molecule has 3 nitrogen and oxygen atoms in total. The number of hydrogen-bond donors (Lipinski definition) is 2. The Balaban J connectivity index is 2.01. The summed E-state index contributed by atoms with van der Waals surface area (Å²) in [6.07, 6.45) is 2.43. The summed E-state index contributed by atoms with van der Waals surface area (Å²) >= 11 is 0. The van der Waals surface area contributed by atoms with Crippen LogP contribution in [0, 0.1) is 11.6 Å². The number of β-amino-alcohol motifs (C(OH)–C–C–N with tert-alkyl or cyclic N) is 1. The summed E-state index contributed by atoms with van der Waals surface area (Å²) in [4.78, 5) is 2.06. The summed E-state index contributed by atoms with van der Waals surface area (Å²) in [6.45, 7) is 1.20. The summed E-state index contributed by atoms with van der Waals surface area (Å²) < 4.78 is 27.2. The van der Waals surface area contributed by atoms with Crippen LogP contribution >= 0.6 is 0 Å². The van der Waals surface area contributed by atoms with Gasteiger partial charge in [-0.2, -0.15) is 0 Å². The van der Waals surface area contributed by atoms with E-state index in [2.05, 4.69) is 4.90 Å². The largest absolute Gasteiger partial charge is 0.396 e. The molecule has 2 atom stereocenters. The molecule has 1 fully saturated rings. The van der Waals surface area contributed by atoms with Gasteiger partial charge in [0.15, 0.2) is 0 Å². The van der Waals surface area contributed by atoms with E-state index in [9.17, 15) is 13.9 Å². The zero-order valence-electron chi connectivity index (χ0n) is 11.4. The van der Waals surface area contributed by atoms with Gasteiger partial charge in [-0.25, -0.2) is 8.78 Å². The molecule has 0 aromatic heterocycles. The number of likely N-dealkylation sites (tertiary alicyclic amines) is 1. The van der Waals surface area contributed by atoms with Crippen LogP contribution in [0.2, 0.25) is 0 Å². The Bertz CT molecular complexity index is 422. The average molecular weight is 285 g/mol. The minimum atomic E-state index is -1.16. The Kier molecular flexibility index (Phi) is 5.46. The fourth-order valence-corrected chi connectivity index (χ4v) is 2.93. The molecule has 0 bridgehead atoms. The minimum Gasteiger partial charge on any atom is -0.396 e. The Hall–Kier alpha value is -1.04. The SMILES string of the molecule is OCCCC1CCCN1CC(O)c1c(F)cccc1F. The lowest BCUT2D eigenvalue weighted by molar-refractivity contribution is 0.0959. The molecule has 1 aliphatic rings. The summed E-state index contributed by atoms with van der Waals surface area (Å²) in [7, 11) is 0. The number of benzene rings is 1. The van der Waals surface area contributed by atoms with Gasteiger partial charge >= 0.3 is 0 Å². The van der Waals surface area contributed by atoms with Crippen molar-refractivity contribution < 1.29 is 19.0 Å². The van der Waals surface area contributed by atoms with Gasteiger partial charge in [-0.1, -0.05) is 6.07 Å². The van der Waals surface area contributed by atoms with E-state index in [-0.39, 0.29) is 24.8 Å². The molecule has 2 N–H and O–H groups in total. The highest BCUT2D eigenvalue weighted by Crippen LogP contribution is 2.27. The second-order valence-corrected chi connectivity index (χ2v) is 5.31. The second-order valence-electron chi connectivity index (χ2n) is 5.31. The van der Waals surface area contributed by atoms with E-state index in [1.807, 2.05) is 0 Å². The maximum atomic E-state index is 13.6. The average Bonchev–Trinajstić information content (AvgIpc) is 2.83. The third-order valence-corrected chi connectivity index (χ3v) is 3.93. The molecule has 0 radical (unpaired) electrons. The fourth-order valence-electron chi connectivity index (χ4n) is 2.93. The Morgan fingerprint density at radius 2 is 2.00 bits per heavy atom. The van der Waals surface area contributed by atoms with Gasteiger partial charge in [0, 0.05) is 19.2 Å². The highest BCUT2D eigenvalue weighted by atomic mass is 19.1. The van der Waals surface area contributed by atoms with Crippen LogP contribution in [-0.4, -0.2) is 40.9 Å². The van der Waals surface area contributed by atoms with E-state index >= 15 is 0 Å². The molecular formula is C15H21F2NO2. The van der Waals surface area contributed by atoms with E-state index in [0.29, 0.717) is 6.42 Å². The summed E-state index contributed by atoms with van der Waals surface area (Å²) in [5.74, 6) is -1.41. The molecule has 1 saturated heterocycles. The summed E-state index contributed by atoms with van der Waals surface area (Å²) in [5.41, 5.74) is -0.250. The van der Waals surface area contributed by atoms with Gasteiger partial charge in [-0.15, -0.1) is 0 Å². The molecule has 20 heavy (non-hydrogen) atoms. The van der Waals surface area contributed by atoms with E-state index in [1.54, 1.807) is 0 Å². The fraction of sp³-hybridized carbons (Fsp3) is 0.600. The molecule has 1 aromatic rings. The highest BCUT2D eigenvalue weighted by Gasteiger charge is 2.28. The predicted molar refractivity (Wildman–Crippen MR) is 72.2 cm³/mol. The molecule has 112 valence electrons. The lowest BCUT2D eigenvalue weighted by atomic mass is 10.1. The van der Waals surface area contributed by atoms with Gasteiger partial charge in [0.05, 0.1) is 11.7 Å². The van der Waals surface area contributed by atoms with Crippen molar-refractivity contribution in [2.75, 3.05) is 19.7 Å². The molecule has 5 heteroatoms. The first kappa shape index (κ1) is 15.4. The van der Waals surface area contributed by atoms with Gasteiger partial charge in [0.2, 0.25) is 0 Å². The first-order chi connectivity index (χ1) is 9.63. The molecule has 1 aliphatic heterocycles. The third-order valence-electron chi connectivity index (χ3n) is 3.93. The van der Waals surface area contributed by atoms with Crippen molar-refractivity contribution in [1.82, 2.24) is 4.90 Å². The van der Waals surface area contributed by atoms with Crippen LogP contribution < -0.4 is 0 Å². The lowest BCUT2D eigenvalue weighted by Gasteiger charge is -2.27. The molecular weight excluding hydrogens is 264 g/mol. The first-order valence-electron chi connectivity index (χ1n) is 7.10. The topological polar surface area (TPSA) is 43.7 Å². The van der Waals surface area contributed by atoms with Crippen molar-refractivity contribution in [2.24, 2.45) is 0 Å². The van der Waals surface area contributed by atoms with Gasteiger partial charge in [0.25, 0.3) is 0 Å². The van der Waals surface area contributed by atoms with Crippen molar-refractivity contribution in [3.8, 4) is 0 Å². The molecule has 0 aliphatic carbocycles. The molecule has 2 unspecified atom stereocenters. The van der Waals surface area contributed by atoms with Crippen LogP contribution in [0.1, 0.15) is 37.4 Å². The van der Waals surface area contributed by atoms with Crippen molar-refractivity contribution >= 4 is 0 Å². The number of aliphatic hydroxyl groups excluding tert-OH is 2. The molecule has 0 amide bonds. The number of rotatable bonds is 6. The van der Waals surface area contributed by atoms with Crippen LogP contribution in [0.25, 0.3) is 0 Å². The zero-order chi connectivity index (χ0) is 14.5. The third kappa shape index (κ3) is 3.53. The van der Waals surface area contributed by atoms with Crippen molar-refractivity contribution in [3.05, 3.63) is 35.4 Å². The van der Waals surface area contributed by atoms with Gasteiger partial charge in [-0.05, 0) is 44.4 Å². The quantitative estimate of drug-likeness (QED) is 0.842. The van der Waals surface area contributed by atoms with Gasteiger partial charge in [0.1, 0.15) is 11.6 Å². The van der Waals surface area contributed by atoms with E-state index in [4.69, 9.17) is 5.11 Å². The van der Waals surface area contributed by atoms with Crippen LogP contribution in [0.3, 0.4) is 0 Å². The number of halogens is 2. The van der Waals surface area contributed by atoms with Crippen LogP contribution in [0.5, 0.6) is 0 Å². The number of hydrogen-bond acceptors (Lipinski definition) is 3.